The molecule has 0 fully saturated rings. The molecule has 3 nitrogen and oxygen atoms in total. The van der Waals surface area contributed by atoms with E-state index in [1.807, 2.05) is 12.3 Å². The van der Waals surface area contributed by atoms with E-state index in [1.54, 1.807) is 0 Å². The Morgan fingerprint density at radius 3 is 3.17 bits per heavy atom. The molecule has 0 saturated heterocycles. The number of rotatable bonds is 4. The van der Waals surface area contributed by atoms with Crippen LogP contribution in [0, 0.1) is 0 Å². The third kappa shape index (κ3) is 3.59. The van der Waals surface area contributed by atoms with Gasteiger partial charge in [-0.25, -0.2) is 0 Å². The highest BCUT2D eigenvalue weighted by Crippen LogP contribution is 2.65. The zero-order chi connectivity index (χ0) is 13.0. The van der Waals surface area contributed by atoms with Crippen LogP contribution in [0.15, 0.2) is 12.3 Å². The van der Waals surface area contributed by atoms with Crippen molar-refractivity contribution >= 4 is 38.5 Å². The molecule has 4 atom stereocenters. The van der Waals surface area contributed by atoms with Crippen LogP contribution >= 0.6 is 33.1 Å². The second-order valence-electron chi connectivity index (χ2n) is 4.23. The minimum atomic E-state index is -0.239. The Morgan fingerprint density at radius 2 is 2.44 bits per heavy atom. The maximum atomic E-state index is 5.88. The average molecular weight is 320 g/mol. The van der Waals surface area contributed by atoms with Gasteiger partial charge in [-0.05, 0) is 26.3 Å². The summed E-state index contributed by atoms with van der Waals surface area (Å²) in [6.45, 7) is 6.14. The van der Waals surface area contributed by atoms with Crippen molar-refractivity contribution in [2.75, 3.05) is 19.7 Å². The fourth-order valence-electron chi connectivity index (χ4n) is 2.11. The molecule has 0 aromatic carbocycles. The summed E-state index contributed by atoms with van der Waals surface area (Å²) in [5, 5.41) is 0. The third-order valence-electron chi connectivity index (χ3n) is 2.94. The second kappa shape index (κ2) is 7.42. The number of hydrogen-bond acceptors (Lipinski definition) is 3. The van der Waals surface area contributed by atoms with E-state index >= 15 is 0 Å². The number of ether oxygens (including phenoxy) is 1. The van der Waals surface area contributed by atoms with Gasteiger partial charge in [0.25, 0.3) is 0 Å². The smallest absolute Gasteiger partial charge is 0.127 e. The van der Waals surface area contributed by atoms with E-state index < -0.39 is 0 Å². The molecule has 100 valence electrons. The van der Waals surface area contributed by atoms with Gasteiger partial charge in [0.1, 0.15) is 12.4 Å². The number of aromatic nitrogens is 1. The zero-order valence-corrected chi connectivity index (χ0v) is 14.8. The van der Waals surface area contributed by atoms with Gasteiger partial charge in [0.15, 0.2) is 0 Å². The quantitative estimate of drug-likeness (QED) is 0.798. The van der Waals surface area contributed by atoms with E-state index in [0.29, 0.717) is 0 Å². The minimum absolute atomic E-state index is 0.239. The summed E-state index contributed by atoms with van der Waals surface area (Å²) < 4.78 is 5.88. The number of fused-ring (bicyclic) bond motifs is 1. The first-order valence-corrected chi connectivity index (χ1v) is 12.7. The van der Waals surface area contributed by atoms with Crippen molar-refractivity contribution in [3.05, 3.63) is 17.8 Å². The Kier molecular flexibility index (Phi) is 6.20. The molecular formula is C11H20N2OP4. The van der Waals surface area contributed by atoms with Gasteiger partial charge in [0.2, 0.25) is 0 Å². The molecule has 0 N–H and O–H groups in total. The lowest BCUT2D eigenvalue weighted by Crippen LogP contribution is -2.27. The predicted molar refractivity (Wildman–Crippen MR) is 89.6 cm³/mol. The largest absolute Gasteiger partial charge is 0.492 e. The molecule has 2 heterocycles. The van der Waals surface area contributed by atoms with Crippen LogP contribution < -0.4 is 10.2 Å². The molecule has 2 rings (SSSR count). The van der Waals surface area contributed by atoms with E-state index in [0.717, 1.165) is 39.9 Å². The van der Waals surface area contributed by atoms with Gasteiger partial charge in [-0.1, -0.05) is 14.9 Å². The molecule has 0 amide bonds. The van der Waals surface area contributed by atoms with Crippen LogP contribution in [0.4, 0.5) is 0 Å². The maximum absolute atomic E-state index is 5.88. The summed E-state index contributed by atoms with van der Waals surface area (Å²) >= 11 is 0. The first kappa shape index (κ1) is 15.0. The highest BCUT2D eigenvalue weighted by molar-refractivity contribution is 8.63. The Bertz CT molecular complexity index is 405. The van der Waals surface area contributed by atoms with Crippen molar-refractivity contribution in [1.29, 1.82) is 0 Å². The second-order valence-corrected chi connectivity index (χ2v) is 13.3. The van der Waals surface area contributed by atoms with Crippen LogP contribution in [0.1, 0.15) is 18.9 Å². The molecular weight excluding hydrogens is 300 g/mol. The van der Waals surface area contributed by atoms with Crippen molar-refractivity contribution in [3.63, 3.8) is 0 Å². The van der Waals surface area contributed by atoms with Crippen LogP contribution in [-0.4, -0.2) is 29.6 Å². The minimum Gasteiger partial charge on any atom is -0.492 e. The van der Waals surface area contributed by atoms with Gasteiger partial charge in [0, 0.05) is 24.8 Å². The van der Waals surface area contributed by atoms with Crippen molar-refractivity contribution in [2.24, 2.45) is 0 Å². The Hall–Kier alpha value is 0.630. The maximum Gasteiger partial charge on any atom is 0.127 e. The fourth-order valence-corrected chi connectivity index (χ4v) is 5.61. The molecule has 1 aromatic heterocycles. The van der Waals surface area contributed by atoms with E-state index in [2.05, 4.69) is 34.7 Å². The molecule has 1 aromatic rings. The highest BCUT2D eigenvalue weighted by Gasteiger charge is 2.20. The highest BCUT2D eigenvalue weighted by atomic mass is 32.6. The summed E-state index contributed by atoms with van der Waals surface area (Å²) in [7, 11) is 6.39. The van der Waals surface area contributed by atoms with Crippen LogP contribution in [0.5, 0.6) is 5.75 Å². The monoisotopic (exact) mass is 320 g/mol. The topological polar surface area (TPSA) is 25.4 Å². The molecule has 0 bridgehead atoms. The first-order chi connectivity index (χ1) is 8.76. The SMILES string of the molecule is CCCN1CCOc2ccnc(P(P)PP)c2C1. The molecule has 1 aliphatic rings. The van der Waals surface area contributed by atoms with Gasteiger partial charge in [-0.3, -0.25) is 9.88 Å². The summed E-state index contributed by atoms with van der Waals surface area (Å²) in [6.07, 6.45) is 3.07. The molecule has 0 aliphatic carbocycles. The lowest BCUT2D eigenvalue weighted by atomic mass is 10.2. The Balaban J connectivity index is 2.30. The summed E-state index contributed by atoms with van der Waals surface area (Å²) in [5.41, 5.74) is 2.54. The van der Waals surface area contributed by atoms with Gasteiger partial charge < -0.3 is 4.74 Å². The van der Waals surface area contributed by atoms with E-state index in [9.17, 15) is 0 Å². The van der Waals surface area contributed by atoms with Crippen molar-refractivity contribution in [3.8, 4) is 5.75 Å². The molecule has 0 spiro atoms. The van der Waals surface area contributed by atoms with Crippen LogP contribution in [-0.2, 0) is 6.54 Å². The van der Waals surface area contributed by atoms with Crippen LogP contribution in [0.25, 0.3) is 0 Å². The van der Waals surface area contributed by atoms with E-state index in [-0.39, 0.29) is 7.30 Å². The molecule has 18 heavy (non-hydrogen) atoms. The summed E-state index contributed by atoms with van der Waals surface area (Å²) in [4.78, 5) is 7.06. The number of pyridine rings is 1. The van der Waals surface area contributed by atoms with Gasteiger partial charge >= 0.3 is 0 Å². The molecule has 4 unspecified atom stereocenters. The standard InChI is InChI=1S/C11H20N2OP4/c1-2-5-13-6-7-14-10-3-4-12-11(9(10)8-13)18(16)17-15/h3-4,17H,2,5-8,15-16H2,1H3. The predicted octanol–water partition coefficient (Wildman–Crippen LogP) is 2.97. The van der Waals surface area contributed by atoms with Crippen molar-refractivity contribution in [2.45, 2.75) is 19.9 Å². The van der Waals surface area contributed by atoms with Gasteiger partial charge in [-0.2, -0.15) is 0 Å². The summed E-state index contributed by atoms with van der Waals surface area (Å²) in [5.74, 6) is 1.04. The van der Waals surface area contributed by atoms with E-state index in [1.165, 1.54) is 17.4 Å². The van der Waals surface area contributed by atoms with E-state index in [4.69, 9.17) is 4.74 Å². The van der Waals surface area contributed by atoms with Gasteiger partial charge in [-0.15, -0.1) is 17.9 Å². The number of hydrogen-bond donors (Lipinski definition) is 0. The van der Waals surface area contributed by atoms with Crippen molar-refractivity contribution in [1.82, 2.24) is 9.88 Å². The lowest BCUT2D eigenvalue weighted by molar-refractivity contribution is 0.226. The number of nitrogens with zero attached hydrogens (tertiary/aromatic N) is 2. The average Bonchev–Trinajstić information content (AvgIpc) is 2.59. The first-order valence-electron chi connectivity index (χ1n) is 6.10. The van der Waals surface area contributed by atoms with Crippen molar-refractivity contribution < 1.29 is 4.74 Å². The Morgan fingerprint density at radius 1 is 1.61 bits per heavy atom. The lowest BCUT2D eigenvalue weighted by Gasteiger charge is -2.20. The van der Waals surface area contributed by atoms with Crippen LogP contribution in [0.2, 0.25) is 0 Å². The Labute approximate surface area is 116 Å². The zero-order valence-electron chi connectivity index (χ0n) is 10.6. The third-order valence-corrected chi connectivity index (χ3v) is 12.8. The molecule has 1 aliphatic heterocycles. The van der Waals surface area contributed by atoms with Gasteiger partial charge in [0.05, 0.1) is 5.44 Å². The normalized spacial score (nSPS) is 18.4. The summed E-state index contributed by atoms with van der Waals surface area (Å²) in [6, 6.07) is 2.01. The molecule has 7 heteroatoms. The fraction of sp³-hybridized carbons (Fsp3) is 0.545. The van der Waals surface area contributed by atoms with Crippen LogP contribution in [0.3, 0.4) is 0 Å². The molecule has 0 radical (unpaired) electrons. The molecule has 0 saturated carbocycles.